The molecule has 2 rings (SSSR count). The first kappa shape index (κ1) is 13.9. The van der Waals surface area contributed by atoms with E-state index in [1.807, 2.05) is 4.98 Å². The van der Waals surface area contributed by atoms with Gasteiger partial charge in [0.25, 0.3) is 5.56 Å². The molecule has 4 atom stereocenters. The number of aliphatic hydroxyl groups is 3. The SMILES string of the molecule is CO[C@@]1(c2c[nH]c(=O)[nH]c2=O)O[C@H](CO)[C@@H](O)[C@H]1O. The Morgan fingerprint density at radius 3 is 2.63 bits per heavy atom. The van der Waals surface area contributed by atoms with Crippen molar-refractivity contribution in [1.29, 1.82) is 0 Å². The van der Waals surface area contributed by atoms with Gasteiger partial charge in [0.15, 0.2) is 0 Å². The Labute approximate surface area is 106 Å². The van der Waals surface area contributed by atoms with Gasteiger partial charge in [-0.05, 0) is 0 Å². The van der Waals surface area contributed by atoms with Crippen LogP contribution in [-0.4, -0.2) is 57.3 Å². The molecular weight excluding hydrogens is 260 g/mol. The lowest BCUT2D eigenvalue weighted by Crippen LogP contribution is -2.46. The lowest BCUT2D eigenvalue weighted by Gasteiger charge is -2.29. The van der Waals surface area contributed by atoms with Crippen molar-refractivity contribution in [2.24, 2.45) is 0 Å². The summed E-state index contributed by atoms with van der Waals surface area (Å²) in [6, 6.07) is 0. The highest BCUT2D eigenvalue weighted by Crippen LogP contribution is 2.38. The van der Waals surface area contributed by atoms with Gasteiger partial charge in [0, 0.05) is 13.3 Å². The highest BCUT2D eigenvalue weighted by Gasteiger charge is 2.57. The van der Waals surface area contributed by atoms with Crippen molar-refractivity contribution in [2.75, 3.05) is 13.7 Å². The summed E-state index contributed by atoms with van der Waals surface area (Å²) in [4.78, 5) is 26.9. The molecule has 5 N–H and O–H groups in total. The maximum Gasteiger partial charge on any atom is 0.325 e. The van der Waals surface area contributed by atoms with E-state index in [0.29, 0.717) is 0 Å². The number of aromatic nitrogens is 2. The fraction of sp³-hybridized carbons (Fsp3) is 0.600. The van der Waals surface area contributed by atoms with Crippen molar-refractivity contribution >= 4 is 0 Å². The van der Waals surface area contributed by atoms with E-state index in [4.69, 9.17) is 14.6 Å². The largest absolute Gasteiger partial charge is 0.394 e. The standard InChI is InChI=1S/C10H14N2O7/c1-18-10(4-2-11-9(17)12-8(4)16)7(15)6(14)5(3-13)19-10/h2,5-7,13-15H,3H2,1H3,(H2,11,12,16,17)/t5-,6-,7-,10+/m1/s1. The second-order valence-electron chi connectivity index (χ2n) is 4.13. The number of rotatable bonds is 3. The molecular formula is C10H14N2O7. The molecule has 0 bridgehead atoms. The van der Waals surface area contributed by atoms with Gasteiger partial charge in [-0.25, -0.2) is 4.79 Å². The summed E-state index contributed by atoms with van der Waals surface area (Å²) in [5.74, 6) is -1.95. The van der Waals surface area contributed by atoms with E-state index >= 15 is 0 Å². The third-order valence-corrected chi connectivity index (χ3v) is 3.10. The fourth-order valence-corrected chi connectivity index (χ4v) is 2.11. The van der Waals surface area contributed by atoms with Crippen LogP contribution in [0.4, 0.5) is 0 Å². The van der Waals surface area contributed by atoms with Crippen LogP contribution in [0.25, 0.3) is 0 Å². The number of hydrogen-bond donors (Lipinski definition) is 5. The second kappa shape index (κ2) is 4.87. The first-order valence-electron chi connectivity index (χ1n) is 5.48. The van der Waals surface area contributed by atoms with Crippen LogP contribution in [0.5, 0.6) is 0 Å². The first-order chi connectivity index (χ1) is 8.96. The summed E-state index contributed by atoms with van der Waals surface area (Å²) in [6.07, 6.45) is -3.11. The summed E-state index contributed by atoms with van der Waals surface area (Å²) in [5, 5.41) is 28.8. The number of ether oxygens (including phenoxy) is 2. The molecule has 0 saturated carbocycles. The molecule has 0 aromatic carbocycles. The Morgan fingerprint density at radius 2 is 2.16 bits per heavy atom. The zero-order valence-electron chi connectivity index (χ0n) is 9.99. The quantitative estimate of drug-likeness (QED) is 0.394. The Kier molecular flexibility index (Phi) is 3.56. The van der Waals surface area contributed by atoms with Crippen molar-refractivity contribution in [2.45, 2.75) is 24.1 Å². The van der Waals surface area contributed by atoms with E-state index in [-0.39, 0.29) is 5.56 Å². The van der Waals surface area contributed by atoms with Gasteiger partial charge in [0.2, 0.25) is 5.79 Å². The molecule has 1 aliphatic heterocycles. The van der Waals surface area contributed by atoms with Crippen LogP contribution in [0, 0.1) is 0 Å². The van der Waals surface area contributed by atoms with Crippen LogP contribution in [0.2, 0.25) is 0 Å². The van der Waals surface area contributed by atoms with Crippen LogP contribution in [0.15, 0.2) is 15.8 Å². The molecule has 1 fully saturated rings. The smallest absolute Gasteiger partial charge is 0.325 e. The molecule has 0 amide bonds. The fourth-order valence-electron chi connectivity index (χ4n) is 2.11. The normalized spacial score (nSPS) is 34.6. The number of hydrogen-bond acceptors (Lipinski definition) is 7. The van der Waals surface area contributed by atoms with Crippen molar-refractivity contribution in [1.82, 2.24) is 9.97 Å². The molecule has 0 aliphatic carbocycles. The number of aliphatic hydroxyl groups excluding tert-OH is 3. The van der Waals surface area contributed by atoms with Gasteiger partial charge in [-0.1, -0.05) is 0 Å². The zero-order chi connectivity index (χ0) is 14.2. The zero-order valence-corrected chi connectivity index (χ0v) is 9.99. The molecule has 0 radical (unpaired) electrons. The summed E-state index contributed by atoms with van der Waals surface area (Å²) in [7, 11) is 1.17. The molecule has 9 nitrogen and oxygen atoms in total. The maximum atomic E-state index is 11.7. The van der Waals surface area contributed by atoms with Crippen LogP contribution in [0.3, 0.4) is 0 Å². The van der Waals surface area contributed by atoms with Gasteiger partial charge in [-0.3, -0.25) is 9.78 Å². The van der Waals surface area contributed by atoms with Crippen LogP contribution >= 0.6 is 0 Å². The number of nitrogens with one attached hydrogen (secondary N) is 2. The van der Waals surface area contributed by atoms with Gasteiger partial charge in [0.05, 0.1) is 12.2 Å². The summed E-state index contributed by atoms with van der Waals surface area (Å²) in [5.41, 5.74) is -1.76. The second-order valence-corrected chi connectivity index (χ2v) is 4.13. The van der Waals surface area contributed by atoms with Crippen molar-refractivity contribution in [3.63, 3.8) is 0 Å². The number of methoxy groups -OCH3 is 1. The van der Waals surface area contributed by atoms with Crippen LogP contribution < -0.4 is 11.2 Å². The molecule has 1 aromatic heterocycles. The average molecular weight is 274 g/mol. The van der Waals surface area contributed by atoms with E-state index in [1.54, 1.807) is 0 Å². The van der Waals surface area contributed by atoms with E-state index in [2.05, 4.69) is 4.98 Å². The molecule has 106 valence electrons. The summed E-state index contributed by atoms with van der Waals surface area (Å²) < 4.78 is 10.3. The Morgan fingerprint density at radius 1 is 1.47 bits per heavy atom. The minimum absolute atomic E-state index is 0.211. The molecule has 1 saturated heterocycles. The predicted octanol–water partition coefficient (Wildman–Crippen LogP) is -3.02. The monoisotopic (exact) mass is 274 g/mol. The molecule has 19 heavy (non-hydrogen) atoms. The van der Waals surface area contributed by atoms with Crippen molar-refractivity contribution in [3.05, 3.63) is 32.6 Å². The highest BCUT2D eigenvalue weighted by atomic mass is 16.7. The van der Waals surface area contributed by atoms with Gasteiger partial charge in [-0.2, -0.15) is 0 Å². The van der Waals surface area contributed by atoms with E-state index in [9.17, 15) is 19.8 Å². The molecule has 1 aromatic rings. The number of H-pyrrole nitrogens is 2. The lowest BCUT2D eigenvalue weighted by atomic mass is 10.00. The van der Waals surface area contributed by atoms with Crippen LogP contribution in [-0.2, 0) is 15.3 Å². The van der Waals surface area contributed by atoms with Crippen molar-refractivity contribution < 1.29 is 24.8 Å². The van der Waals surface area contributed by atoms with Gasteiger partial charge < -0.3 is 29.8 Å². The highest BCUT2D eigenvalue weighted by molar-refractivity contribution is 5.18. The first-order valence-corrected chi connectivity index (χ1v) is 5.48. The Balaban J connectivity index is 2.55. The van der Waals surface area contributed by atoms with E-state index < -0.39 is 42.0 Å². The third-order valence-electron chi connectivity index (χ3n) is 3.10. The van der Waals surface area contributed by atoms with Gasteiger partial charge in [-0.15, -0.1) is 0 Å². The molecule has 9 heteroatoms. The maximum absolute atomic E-state index is 11.7. The predicted molar refractivity (Wildman–Crippen MR) is 60.3 cm³/mol. The Bertz CT molecular complexity index is 567. The molecule has 1 aliphatic rings. The lowest BCUT2D eigenvalue weighted by molar-refractivity contribution is -0.257. The van der Waals surface area contributed by atoms with E-state index in [1.165, 1.54) is 7.11 Å². The minimum atomic E-state index is -1.95. The molecule has 2 heterocycles. The molecule has 0 unspecified atom stereocenters. The molecule has 0 spiro atoms. The van der Waals surface area contributed by atoms with Crippen molar-refractivity contribution in [3.8, 4) is 0 Å². The summed E-state index contributed by atoms with van der Waals surface area (Å²) >= 11 is 0. The topological polar surface area (TPSA) is 145 Å². The summed E-state index contributed by atoms with van der Waals surface area (Å²) in [6.45, 7) is -0.565. The third kappa shape index (κ3) is 2.01. The van der Waals surface area contributed by atoms with Gasteiger partial charge in [0.1, 0.15) is 18.3 Å². The minimum Gasteiger partial charge on any atom is -0.394 e. The van der Waals surface area contributed by atoms with Crippen LogP contribution in [0.1, 0.15) is 5.56 Å². The van der Waals surface area contributed by atoms with E-state index in [0.717, 1.165) is 6.20 Å². The van der Waals surface area contributed by atoms with Gasteiger partial charge >= 0.3 is 5.69 Å². The average Bonchev–Trinajstić information content (AvgIpc) is 2.64. The Hall–Kier alpha value is -1.52. The number of aromatic amines is 2.